The van der Waals surface area contributed by atoms with Gasteiger partial charge < -0.3 is 4.90 Å². The van der Waals surface area contributed by atoms with Gasteiger partial charge in [-0.2, -0.15) is 0 Å². The molecule has 1 N–H and O–H groups in total. The van der Waals surface area contributed by atoms with Crippen molar-refractivity contribution in [2.45, 2.75) is 13.0 Å². The second kappa shape index (κ2) is 5.47. The van der Waals surface area contributed by atoms with Gasteiger partial charge in [-0.3, -0.25) is 10.1 Å². The number of aromatic nitrogens is 2. The summed E-state index contributed by atoms with van der Waals surface area (Å²) in [7, 11) is 2.08. The van der Waals surface area contributed by atoms with Gasteiger partial charge in [0.1, 0.15) is 5.15 Å². The topological polar surface area (TPSA) is 58.1 Å². The highest BCUT2D eigenvalue weighted by atomic mass is 35.5. The maximum absolute atomic E-state index is 12.1. The molecule has 0 saturated heterocycles. The summed E-state index contributed by atoms with van der Waals surface area (Å²) in [6.45, 7) is 1.90. The fourth-order valence-electron chi connectivity index (χ4n) is 2.09. The van der Waals surface area contributed by atoms with Gasteiger partial charge in [0.2, 0.25) is 0 Å². The minimum Gasteiger partial charge on any atom is -0.301 e. The Morgan fingerprint density at radius 1 is 1.55 bits per heavy atom. The molecule has 0 saturated carbocycles. The number of amides is 1. The summed E-state index contributed by atoms with van der Waals surface area (Å²) < 4.78 is 0. The number of nitrogens with zero attached hydrogens (tertiary/aromatic N) is 3. The van der Waals surface area contributed by atoms with Crippen molar-refractivity contribution in [1.82, 2.24) is 14.9 Å². The average molecular weight is 309 g/mol. The largest absolute Gasteiger partial charge is 0.301 e. The van der Waals surface area contributed by atoms with E-state index in [1.54, 1.807) is 6.07 Å². The zero-order valence-electron chi connectivity index (χ0n) is 10.9. The Bertz CT molecular complexity index is 658. The molecule has 0 aliphatic carbocycles. The predicted octanol–water partition coefficient (Wildman–Crippen LogP) is 2.43. The quantitative estimate of drug-likeness (QED) is 0.866. The molecular formula is C13H13ClN4OS. The highest BCUT2D eigenvalue weighted by Gasteiger charge is 2.19. The van der Waals surface area contributed by atoms with Gasteiger partial charge in [0.15, 0.2) is 5.13 Å². The van der Waals surface area contributed by atoms with Crippen LogP contribution < -0.4 is 5.32 Å². The van der Waals surface area contributed by atoms with E-state index < -0.39 is 0 Å². The minimum absolute atomic E-state index is 0.214. The first-order valence-corrected chi connectivity index (χ1v) is 7.41. The average Bonchev–Trinajstić information content (AvgIpc) is 2.80. The van der Waals surface area contributed by atoms with Crippen molar-refractivity contribution in [3.05, 3.63) is 39.6 Å². The second-order valence-electron chi connectivity index (χ2n) is 4.70. The van der Waals surface area contributed by atoms with Gasteiger partial charge in [0, 0.05) is 36.1 Å². The molecule has 3 rings (SSSR count). The summed E-state index contributed by atoms with van der Waals surface area (Å²) in [5.41, 5.74) is 1.58. The van der Waals surface area contributed by atoms with Crippen LogP contribution in [0.1, 0.15) is 20.9 Å². The van der Waals surface area contributed by atoms with Crippen molar-refractivity contribution in [2.24, 2.45) is 0 Å². The summed E-state index contributed by atoms with van der Waals surface area (Å²) in [4.78, 5) is 23.9. The smallest absolute Gasteiger partial charge is 0.257 e. The Balaban J connectivity index is 1.77. The molecule has 0 atom stereocenters. The van der Waals surface area contributed by atoms with E-state index in [4.69, 9.17) is 11.6 Å². The van der Waals surface area contributed by atoms with Gasteiger partial charge in [-0.05, 0) is 19.2 Å². The van der Waals surface area contributed by atoms with Crippen LogP contribution in [0.4, 0.5) is 5.13 Å². The number of hydrogen-bond acceptors (Lipinski definition) is 5. The van der Waals surface area contributed by atoms with Gasteiger partial charge >= 0.3 is 0 Å². The summed E-state index contributed by atoms with van der Waals surface area (Å²) in [6.07, 6.45) is 2.44. The SMILES string of the molecule is CN1CCc2nc(NC(=O)c3ccnc(Cl)c3)sc2C1. The predicted molar refractivity (Wildman–Crippen MR) is 79.4 cm³/mol. The summed E-state index contributed by atoms with van der Waals surface area (Å²) in [5, 5.41) is 3.77. The molecule has 3 heterocycles. The molecule has 1 aliphatic heterocycles. The van der Waals surface area contributed by atoms with Gasteiger partial charge in [0.25, 0.3) is 5.91 Å². The Hall–Kier alpha value is -1.50. The molecule has 2 aromatic rings. The van der Waals surface area contributed by atoms with Crippen molar-refractivity contribution in [3.8, 4) is 0 Å². The fourth-order valence-corrected chi connectivity index (χ4v) is 3.35. The van der Waals surface area contributed by atoms with Crippen LogP contribution in [0, 0.1) is 0 Å². The van der Waals surface area contributed by atoms with E-state index in [-0.39, 0.29) is 5.91 Å². The number of carbonyl (C=O) groups is 1. The number of likely N-dealkylation sites (N-methyl/N-ethyl adjacent to an activating group) is 1. The molecule has 0 radical (unpaired) electrons. The van der Waals surface area contributed by atoms with E-state index in [0.717, 1.165) is 25.2 Å². The number of carbonyl (C=O) groups excluding carboxylic acids is 1. The normalized spacial score (nSPS) is 14.9. The third kappa shape index (κ3) is 2.82. The molecule has 0 unspecified atom stereocenters. The second-order valence-corrected chi connectivity index (χ2v) is 6.17. The first-order valence-electron chi connectivity index (χ1n) is 6.22. The minimum atomic E-state index is -0.214. The van der Waals surface area contributed by atoms with Crippen molar-refractivity contribution in [1.29, 1.82) is 0 Å². The Kier molecular flexibility index (Phi) is 3.69. The molecule has 0 spiro atoms. The Labute approximate surface area is 125 Å². The number of nitrogens with one attached hydrogen (secondary N) is 1. The van der Waals surface area contributed by atoms with E-state index in [1.807, 2.05) is 0 Å². The maximum Gasteiger partial charge on any atom is 0.257 e. The van der Waals surface area contributed by atoms with Crippen molar-refractivity contribution in [2.75, 3.05) is 18.9 Å². The fraction of sp³-hybridized carbons (Fsp3) is 0.308. The first-order chi connectivity index (χ1) is 9.61. The van der Waals surface area contributed by atoms with E-state index in [2.05, 4.69) is 27.2 Å². The van der Waals surface area contributed by atoms with Crippen LogP contribution in [0.15, 0.2) is 18.3 Å². The lowest BCUT2D eigenvalue weighted by Crippen LogP contribution is -2.25. The molecule has 0 aromatic carbocycles. The number of pyridine rings is 1. The number of hydrogen-bond donors (Lipinski definition) is 1. The summed E-state index contributed by atoms with van der Waals surface area (Å²) >= 11 is 7.31. The molecule has 5 nitrogen and oxygen atoms in total. The standard InChI is InChI=1S/C13H13ClN4OS/c1-18-5-3-9-10(7-18)20-13(16-9)17-12(19)8-2-4-15-11(14)6-8/h2,4,6H,3,5,7H2,1H3,(H,16,17,19). The number of fused-ring (bicyclic) bond motifs is 1. The van der Waals surface area contributed by atoms with E-state index in [1.165, 1.54) is 28.5 Å². The summed E-state index contributed by atoms with van der Waals surface area (Å²) in [6, 6.07) is 3.17. The van der Waals surface area contributed by atoms with Crippen LogP contribution in [-0.2, 0) is 13.0 Å². The molecule has 0 bridgehead atoms. The van der Waals surface area contributed by atoms with E-state index in [0.29, 0.717) is 15.8 Å². The van der Waals surface area contributed by atoms with Crippen LogP contribution in [0.25, 0.3) is 0 Å². The molecule has 7 heteroatoms. The third-order valence-corrected chi connectivity index (χ3v) is 4.34. The maximum atomic E-state index is 12.1. The molecule has 1 amide bonds. The lowest BCUT2D eigenvalue weighted by atomic mass is 10.2. The van der Waals surface area contributed by atoms with Crippen molar-refractivity contribution in [3.63, 3.8) is 0 Å². The Morgan fingerprint density at radius 3 is 3.20 bits per heavy atom. The van der Waals surface area contributed by atoms with E-state index in [9.17, 15) is 4.79 Å². The third-order valence-electron chi connectivity index (χ3n) is 3.13. The van der Waals surface area contributed by atoms with Crippen LogP contribution in [0.3, 0.4) is 0 Å². The number of halogens is 1. The van der Waals surface area contributed by atoms with Gasteiger partial charge in [0.05, 0.1) is 5.69 Å². The lowest BCUT2D eigenvalue weighted by molar-refractivity contribution is 0.102. The first kappa shape index (κ1) is 13.5. The zero-order valence-corrected chi connectivity index (χ0v) is 12.5. The molecular weight excluding hydrogens is 296 g/mol. The Morgan fingerprint density at radius 2 is 2.40 bits per heavy atom. The molecule has 1 aliphatic rings. The molecule has 104 valence electrons. The highest BCUT2D eigenvalue weighted by Crippen LogP contribution is 2.28. The van der Waals surface area contributed by atoms with E-state index >= 15 is 0 Å². The van der Waals surface area contributed by atoms with Crippen molar-refractivity contribution < 1.29 is 4.79 Å². The van der Waals surface area contributed by atoms with Crippen LogP contribution in [-0.4, -0.2) is 34.4 Å². The number of rotatable bonds is 2. The van der Waals surface area contributed by atoms with Crippen molar-refractivity contribution >= 4 is 34.0 Å². The lowest BCUT2D eigenvalue weighted by Gasteiger charge is -2.20. The van der Waals surface area contributed by atoms with Crippen LogP contribution in [0.2, 0.25) is 5.15 Å². The monoisotopic (exact) mass is 308 g/mol. The zero-order chi connectivity index (χ0) is 14.1. The summed E-state index contributed by atoms with van der Waals surface area (Å²) in [5.74, 6) is -0.214. The van der Waals surface area contributed by atoms with Crippen LogP contribution >= 0.6 is 22.9 Å². The molecule has 2 aromatic heterocycles. The molecule has 0 fully saturated rings. The number of thiazole rings is 1. The van der Waals surface area contributed by atoms with Gasteiger partial charge in [-0.15, -0.1) is 11.3 Å². The van der Waals surface area contributed by atoms with Gasteiger partial charge in [-0.25, -0.2) is 9.97 Å². The van der Waals surface area contributed by atoms with Gasteiger partial charge in [-0.1, -0.05) is 11.6 Å². The van der Waals surface area contributed by atoms with Crippen LogP contribution in [0.5, 0.6) is 0 Å². The molecule has 20 heavy (non-hydrogen) atoms. The number of anilines is 1. The highest BCUT2D eigenvalue weighted by molar-refractivity contribution is 7.15.